The SMILES string of the molecule is CC1CCCCC1NC(=O)CN1CCC(NC(=O)Nc2ccccc2)CC1. The van der Waals surface area contributed by atoms with Crippen molar-refractivity contribution in [1.82, 2.24) is 15.5 Å². The molecule has 6 heteroatoms. The van der Waals surface area contributed by atoms with Gasteiger partial charge in [-0.25, -0.2) is 4.79 Å². The van der Waals surface area contributed by atoms with Gasteiger partial charge in [-0.1, -0.05) is 38.0 Å². The van der Waals surface area contributed by atoms with Crippen molar-refractivity contribution in [2.24, 2.45) is 5.92 Å². The molecule has 2 unspecified atom stereocenters. The first-order valence-electron chi connectivity index (χ1n) is 10.2. The molecule has 148 valence electrons. The van der Waals surface area contributed by atoms with E-state index in [-0.39, 0.29) is 18.0 Å². The van der Waals surface area contributed by atoms with Crippen LogP contribution in [0.3, 0.4) is 0 Å². The number of hydrogen-bond donors (Lipinski definition) is 3. The molecule has 0 aromatic heterocycles. The number of benzene rings is 1. The molecule has 0 radical (unpaired) electrons. The lowest BCUT2D eigenvalue weighted by molar-refractivity contribution is -0.123. The van der Waals surface area contributed by atoms with E-state index in [9.17, 15) is 9.59 Å². The Labute approximate surface area is 162 Å². The zero-order chi connectivity index (χ0) is 19.1. The molecule has 1 heterocycles. The van der Waals surface area contributed by atoms with Crippen molar-refractivity contribution >= 4 is 17.6 Å². The molecule has 1 saturated heterocycles. The molecule has 6 nitrogen and oxygen atoms in total. The third-order valence-corrected chi connectivity index (χ3v) is 5.78. The van der Waals surface area contributed by atoms with Crippen LogP contribution < -0.4 is 16.0 Å². The van der Waals surface area contributed by atoms with Crippen molar-refractivity contribution in [3.63, 3.8) is 0 Å². The standard InChI is InChI=1S/C21H32N4O2/c1-16-7-5-6-10-19(16)24-20(26)15-25-13-11-18(12-14-25)23-21(27)22-17-8-3-2-4-9-17/h2-4,8-9,16,18-19H,5-7,10-15H2,1H3,(H,24,26)(H2,22,23,27). The van der Waals surface area contributed by atoms with Gasteiger partial charge in [0.1, 0.15) is 0 Å². The van der Waals surface area contributed by atoms with Gasteiger partial charge in [0, 0.05) is 30.9 Å². The Morgan fingerprint density at radius 2 is 1.70 bits per heavy atom. The van der Waals surface area contributed by atoms with Crippen LogP contribution in [0, 0.1) is 5.92 Å². The fraction of sp³-hybridized carbons (Fsp3) is 0.619. The molecule has 3 rings (SSSR count). The van der Waals surface area contributed by atoms with Crippen molar-refractivity contribution in [3.8, 4) is 0 Å². The molecule has 1 aliphatic heterocycles. The van der Waals surface area contributed by atoms with Gasteiger partial charge in [0.25, 0.3) is 0 Å². The highest BCUT2D eigenvalue weighted by atomic mass is 16.2. The van der Waals surface area contributed by atoms with Crippen LogP contribution in [0.25, 0.3) is 0 Å². The van der Waals surface area contributed by atoms with Crippen LogP contribution >= 0.6 is 0 Å². The van der Waals surface area contributed by atoms with Crippen LogP contribution in [-0.2, 0) is 4.79 Å². The number of hydrogen-bond acceptors (Lipinski definition) is 3. The summed E-state index contributed by atoms with van der Waals surface area (Å²) in [4.78, 5) is 26.6. The van der Waals surface area contributed by atoms with Gasteiger partial charge < -0.3 is 16.0 Å². The molecule has 2 atom stereocenters. The summed E-state index contributed by atoms with van der Waals surface area (Å²) in [7, 11) is 0. The average molecular weight is 373 g/mol. The second kappa shape index (κ2) is 9.74. The highest BCUT2D eigenvalue weighted by molar-refractivity contribution is 5.89. The highest BCUT2D eigenvalue weighted by Gasteiger charge is 2.25. The number of piperidine rings is 1. The van der Waals surface area contributed by atoms with E-state index < -0.39 is 0 Å². The minimum absolute atomic E-state index is 0.141. The molecule has 0 bridgehead atoms. The van der Waals surface area contributed by atoms with Gasteiger partial charge >= 0.3 is 6.03 Å². The van der Waals surface area contributed by atoms with Crippen LogP contribution in [0.4, 0.5) is 10.5 Å². The van der Waals surface area contributed by atoms with E-state index in [0.717, 1.165) is 38.0 Å². The van der Waals surface area contributed by atoms with E-state index in [1.807, 2.05) is 30.3 Å². The van der Waals surface area contributed by atoms with E-state index in [4.69, 9.17) is 0 Å². The van der Waals surface area contributed by atoms with E-state index in [1.54, 1.807) is 0 Å². The number of carbonyl (C=O) groups excluding carboxylic acids is 2. The maximum atomic E-state index is 12.4. The van der Waals surface area contributed by atoms with Gasteiger partial charge in [-0.2, -0.15) is 0 Å². The summed E-state index contributed by atoms with van der Waals surface area (Å²) < 4.78 is 0. The minimum Gasteiger partial charge on any atom is -0.352 e. The topological polar surface area (TPSA) is 73.5 Å². The second-order valence-electron chi connectivity index (χ2n) is 7.95. The monoisotopic (exact) mass is 372 g/mol. The number of amides is 3. The molecule has 1 aliphatic carbocycles. The summed E-state index contributed by atoms with van der Waals surface area (Å²) in [5, 5.41) is 9.12. The Bertz CT molecular complexity index is 614. The number of urea groups is 1. The van der Waals surface area contributed by atoms with Crippen molar-refractivity contribution in [2.75, 3.05) is 25.0 Å². The lowest BCUT2D eigenvalue weighted by atomic mass is 9.86. The fourth-order valence-corrected chi connectivity index (χ4v) is 4.10. The zero-order valence-electron chi connectivity index (χ0n) is 16.2. The first-order chi connectivity index (χ1) is 13.1. The fourth-order valence-electron chi connectivity index (χ4n) is 4.10. The van der Waals surface area contributed by atoms with Crippen molar-refractivity contribution in [3.05, 3.63) is 30.3 Å². The van der Waals surface area contributed by atoms with Crippen LogP contribution in [0.2, 0.25) is 0 Å². The number of rotatable bonds is 5. The molecular formula is C21H32N4O2. The summed E-state index contributed by atoms with van der Waals surface area (Å²) in [5.74, 6) is 0.725. The molecule has 2 fully saturated rings. The summed E-state index contributed by atoms with van der Waals surface area (Å²) in [6.07, 6.45) is 6.57. The molecule has 1 aromatic carbocycles. The van der Waals surface area contributed by atoms with Gasteiger partial charge in [-0.05, 0) is 43.7 Å². The van der Waals surface area contributed by atoms with E-state index >= 15 is 0 Å². The first-order valence-corrected chi connectivity index (χ1v) is 10.2. The number of para-hydroxylation sites is 1. The summed E-state index contributed by atoms with van der Waals surface area (Å²) in [6.45, 7) is 4.38. The lowest BCUT2D eigenvalue weighted by Gasteiger charge is -2.33. The number of likely N-dealkylation sites (tertiary alicyclic amines) is 1. The first kappa shape index (κ1) is 19.7. The molecule has 0 spiro atoms. The molecule has 27 heavy (non-hydrogen) atoms. The molecular weight excluding hydrogens is 340 g/mol. The van der Waals surface area contributed by atoms with E-state index in [0.29, 0.717) is 18.5 Å². The quantitative estimate of drug-likeness (QED) is 0.744. The Morgan fingerprint density at radius 3 is 2.41 bits per heavy atom. The maximum absolute atomic E-state index is 12.4. The Kier molecular flexibility index (Phi) is 7.10. The van der Waals surface area contributed by atoms with Gasteiger partial charge in [0.05, 0.1) is 6.54 Å². The Hall–Kier alpha value is -2.08. The normalized spacial score (nSPS) is 24.2. The van der Waals surface area contributed by atoms with Gasteiger partial charge in [-0.3, -0.25) is 9.69 Å². The van der Waals surface area contributed by atoms with Crippen LogP contribution in [0.5, 0.6) is 0 Å². The van der Waals surface area contributed by atoms with Crippen molar-refractivity contribution < 1.29 is 9.59 Å². The summed E-state index contributed by atoms with van der Waals surface area (Å²) in [5.41, 5.74) is 0.793. The summed E-state index contributed by atoms with van der Waals surface area (Å²) >= 11 is 0. The molecule has 3 amide bonds. The van der Waals surface area contributed by atoms with Crippen LogP contribution in [0.1, 0.15) is 45.4 Å². The largest absolute Gasteiger partial charge is 0.352 e. The molecule has 1 saturated carbocycles. The third-order valence-electron chi connectivity index (χ3n) is 5.78. The average Bonchev–Trinajstić information content (AvgIpc) is 2.66. The van der Waals surface area contributed by atoms with Gasteiger partial charge in [-0.15, -0.1) is 0 Å². The van der Waals surface area contributed by atoms with Crippen molar-refractivity contribution in [1.29, 1.82) is 0 Å². The number of nitrogens with one attached hydrogen (secondary N) is 3. The van der Waals surface area contributed by atoms with E-state index in [2.05, 4.69) is 27.8 Å². The van der Waals surface area contributed by atoms with Crippen molar-refractivity contribution in [2.45, 2.75) is 57.5 Å². The molecule has 3 N–H and O–H groups in total. The molecule has 2 aliphatic rings. The lowest BCUT2D eigenvalue weighted by Crippen LogP contribution is -2.50. The second-order valence-corrected chi connectivity index (χ2v) is 7.95. The third kappa shape index (κ3) is 6.24. The Balaban J connectivity index is 1.34. The maximum Gasteiger partial charge on any atom is 0.319 e. The van der Waals surface area contributed by atoms with Gasteiger partial charge in [0.2, 0.25) is 5.91 Å². The molecule has 1 aromatic rings. The highest BCUT2D eigenvalue weighted by Crippen LogP contribution is 2.23. The van der Waals surface area contributed by atoms with Gasteiger partial charge in [0.15, 0.2) is 0 Å². The zero-order valence-corrected chi connectivity index (χ0v) is 16.2. The van der Waals surface area contributed by atoms with E-state index in [1.165, 1.54) is 19.3 Å². The predicted octanol–water partition coefficient (Wildman–Crippen LogP) is 2.97. The summed E-state index contributed by atoms with van der Waals surface area (Å²) in [6, 6.07) is 9.79. The number of anilines is 1. The van der Waals surface area contributed by atoms with Crippen LogP contribution in [-0.4, -0.2) is 48.6 Å². The Morgan fingerprint density at radius 1 is 1.00 bits per heavy atom. The smallest absolute Gasteiger partial charge is 0.319 e. The minimum atomic E-state index is -0.163. The van der Waals surface area contributed by atoms with Crippen LogP contribution in [0.15, 0.2) is 30.3 Å². The predicted molar refractivity (Wildman–Crippen MR) is 108 cm³/mol. The number of carbonyl (C=O) groups is 2. The number of nitrogens with zero attached hydrogens (tertiary/aromatic N) is 1.